The number of nitrogens with zero attached hydrogens (tertiary/aromatic N) is 1. The molecule has 0 saturated heterocycles. The van der Waals surface area contributed by atoms with Crippen molar-refractivity contribution in [3.63, 3.8) is 0 Å². The van der Waals surface area contributed by atoms with Crippen LogP contribution in [0, 0.1) is 11.8 Å². The number of methoxy groups -OCH3 is 2. The van der Waals surface area contributed by atoms with Crippen LogP contribution < -0.4 is 0 Å². The molecule has 0 aromatic heterocycles. The van der Waals surface area contributed by atoms with Crippen LogP contribution in [0.2, 0.25) is 0 Å². The predicted octanol–water partition coefficient (Wildman–Crippen LogP) is 1.99. The van der Waals surface area contributed by atoms with Gasteiger partial charge in [0.05, 0.1) is 5.70 Å². The third-order valence-electron chi connectivity index (χ3n) is 1.65. The second-order valence-electron chi connectivity index (χ2n) is 4.51. The van der Waals surface area contributed by atoms with Crippen molar-refractivity contribution in [3.05, 3.63) is 12.3 Å². The second kappa shape index (κ2) is 7.75. The quantitative estimate of drug-likeness (QED) is 0.569. The normalized spacial score (nSPS) is 10.3. The van der Waals surface area contributed by atoms with Crippen molar-refractivity contribution in [2.24, 2.45) is 0 Å². The van der Waals surface area contributed by atoms with E-state index in [0.29, 0.717) is 5.70 Å². The molecule has 0 spiro atoms. The van der Waals surface area contributed by atoms with Crippen molar-refractivity contribution in [2.45, 2.75) is 26.4 Å². The van der Waals surface area contributed by atoms with Gasteiger partial charge in [-0.25, -0.2) is 9.69 Å². The molecular weight excluding hydrogens is 234 g/mol. The monoisotopic (exact) mass is 255 g/mol. The van der Waals surface area contributed by atoms with Crippen molar-refractivity contribution in [3.8, 4) is 11.8 Å². The average Bonchev–Trinajstić information content (AvgIpc) is 2.23. The summed E-state index contributed by atoms with van der Waals surface area (Å²) in [6.07, 6.45) is -0.541. The largest absolute Gasteiger partial charge is 0.443 e. The third-order valence-corrected chi connectivity index (χ3v) is 1.65. The summed E-state index contributed by atoms with van der Waals surface area (Å²) in [5, 5.41) is 0. The summed E-state index contributed by atoms with van der Waals surface area (Å²) >= 11 is 0. The summed E-state index contributed by atoms with van der Waals surface area (Å²) in [5.41, 5.74) is -0.272. The van der Waals surface area contributed by atoms with Gasteiger partial charge in [-0.2, -0.15) is 0 Å². The number of hydrogen-bond donors (Lipinski definition) is 0. The van der Waals surface area contributed by atoms with E-state index in [0.717, 1.165) is 0 Å². The number of allylic oxidation sites excluding steroid dienone is 1. The molecule has 0 aromatic rings. The summed E-state index contributed by atoms with van der Waals surface area (Å²) in [5.74, 6) is 5.43. The zero-order chi connectivity index (χ0) is 14.2. The molecule has 0 bridgehead atoms. The Morgan fingerprint density at radius 3 is 2.33 bits per heavy atom. The molecule has 0 saturated carbocycles. The van der Waals surface area contributed by atoms with Crippen LogP contribution in [0.1, 0.15) is 20.8 Å². The van der Waals surface area contributed by atoms with Crippen molar-refractivity contribution < 1.29 is 19.0 Å². The van der Waals surface area contributed by atoms with Crippen molar-refractivity contribution in [1.82, 2.24) is 4.90 Å². The van der Waals surface area contributed by atoms with E-state index in [9.17, 15) is 4.79 Å². The van der Waals surface area contributed by atoms with Crippen LogP contribution in [0.4, 0.5) is 4.79 Å². The van der Waals surface area contributed by atoms with Gasteiger partial charge in [0.15, 0.2) is 0 Å². The highest BCUT2D eigenvalue weighted by molar-refractivity contribution is 5.71. The maximum atomic E-state index is 11.9. The van der Waals surface area contributed by atoms with E-state index in [1.165, 1.54) is 19.1 Å². The van der Waals surface area contributed by atoms with Gasteiger partial charge in [0.1, 0.15) is 18.9 Å². The molecule has 0 aliphatic rings. The van der Waals surface area contributed by atoms with Crippen LogP contribution >= 0.6 is 0 Å². The SMILES string of the molecule is C=C(C#CCOC)N(COC)C(=O)OC(C)(C)C. The number of ether oxygens (including phenoxy) is 3. The van der Waals surface area contributed by atoms with E-state index in [1.54, 1.807) is 20.8 Å². The standard InChI is InChI=1S/C13H21NO4/c1-11(8-7-9-16-5)14(10-17-6)12(15)18-13(2,3)4/h1,9-10H2,2-6H3. The second-order valence-corrected chi connectivity index (χ2v) is 4.51. The Bertz CT molecular complexity index is 346. The van der Waals surface area contributed by atoms with Crippen LogP contribution in [0.5, 0.6) is 0 Å². The van der Waals surface area contributed by atoms with E-state index < -0.39 is 11.7 Å². The highest BCUT2D eigenvalue weighted by atomic mass is 16.6. The van der Waals surface area contributed by atoms with Gasteiger partial charge >= 0.3 is 6.09 Å². The molecule has 0 aromatic carbocycles. The first-order chi connectivity index (χ1) is 8.31. The van der Waals surface area contributed by atoms with Gasteiger partial charge in [-0.05, 0) is 26.7 Å². The number of carbonyl (C=O) groups is 1. The fourth-order valence-corrected chi connectivity index (χ4v) is 0.965. The van der Waals surface area contributed by atoms with Gasteiger partial charge in [0, 0.05) is 14.2 Å². The highest BCUT2D eigenvalue weighted by Crippen LogP contribution is 2.12. The minimum atomic E-state index is -0.580. The van der Waals surface area contributed by atoms with E-state index in [4.69, 9.17) is 14.2 Å². The lowest BCUT2D eigenvalue weighted by atomic mass is 10.2. The average molecular weight is 255 g/mol. The van der Waals surface area contributed by atoms with Crippen LogP contribution in [0.3, 0.4) is 0 Å². The molecule has 1 amide bonds. The molecule has 0 radical (unpaired) electrons. The number of amides is 1. The first-order valence-electron chi connectivity index (χ1n) is 5.48. The van der Waals surface area contributed by atoms with Crippen molar-refractivity contribution in [1.29, 1.82) is 0 Å². The Morgan fingerprint density at radius 2 is 1.89 bits per heavy atom. The summed E-state index contributed by atoms with van der Waals surface area (Å²) in [4.78, 5) is 13.1. The van der Waals surface area contributed by atoms with E-state index in [1.807, 2.05) is 0 Å². The van der Waals surface area contributed by atoms with Crippen LogP contribution in [-0.4, -0.2) is 44.2 Å². The maximum Gasteiger partial charge on any atom is 0.417 e. The first-order valence-corrected chi connectivity index (χ1v) is 5.48. The van der Waals surface area contributed by atoms with Crippen molar-refractivity contribution >= 4 is 6.09 Å². The fourth-order valence-electron chi connectivity index (χ4n) is 0.965. The van der Waals surface area contributed by atoms with Crippen LogP contribution in [0.25, 0.3) is 0 Å². The van der Waals surface area contributed by atoms with Gasteiger partial charge in [-0.1, -0.05) is 12.5 Å². The molecule has 0 rings (SSSR count). The number of hydrogen-bond acceptors (Lipinski definition) is 4. The Balaban J connectivity index is 4.71. The number of rotatable bonds is 4. The smallest absolute Gasteiger partial charge is 0.417 e. The van der Waals surface area contributed by atoms with Gasteiger partial charge in [-0.15, -0.1) is 0 Å². The number of carbonyl (C=O) groups excluding carboxylic acids is 1. The van der Waals surface area contributed by atoms with E-state index in [2.05, 4.69) is 18.4 Å². The van der Waals surface area contributed by atoms with Crippen molar-refractivity contribution in [2.75, 3.05) is 27.6 Å². The van der Waals surface area contributed by atoms with E-state index in [-0.39, 0.29) is 13.3 Å². The summed E-state index contributed by atoms with van der Waals surface area (Å²) in [6, 6.07) is 0. The molecule has 0 unspecified atom stereocenters. The molecule has 18 heavy (non-hydrogen) atoms. The predicted molar refractivity (Wildman–Crippen MR) is 68.7 cm³/mol. The molecule has 0 heterocycles. The van der Waals surface area contributed by atoms with Gasteiger partial charge in [0.2, 0.25) is 0 Å². The third kappa shape index (κ3) is 6.94. The molecule has 5 nitrogen and oxygen atoms in total. The summed E-state index contributed by atoms with van der Waals surface area (Å²) in [7, 11) is 3.02. The van der Waals surface area contributed by atoms with Gasteiger partial charge in [-0.3, -0.25) is 0 Å². The molecule has 0 atom stereocenters. The topological polar surface area (TPSA) is 48.0 Å². The molecule has 0 fully saturated rings. The Kier molecular flexibility index (Phi) is 7.10. The Labute approximate surface area is 109 Å². The van der Waals surface area contributed by atoms with E-state index >= 15 is 0 Å². The highest BCUT2D eigenvalue weighted by Gasteiger charge is 2.23. The Hall–Kier alpha value is -1.51. The summed E-state index contributed by atoms with van der Waals surface area (Å²) < 4.78 is 15.0. The molecule has 0 N–H and O–H groups in total. The zero-order valence-electron chi connectivity index (χ0n) is 11.7. The maximum absolute atomic E-state index is 11.9. The molecular formula is C13H21NO4. The van der Waals surface area contributed by atoms with Crippen LogP contribution in [-0.2, 0) is 14.2 Å². The first kappa shape index (κ1) is 16.5. The minimum Gasteiger partial charge on any atom is -0.443 e. The summed E-state index contributed by atoms with van der Waals surface area (Å²) in [6.45, 7) is 9.38. The zero-order valence-corrected chi connectivity index (χ0v) is 11.7. The molecule has 0 aliphatic carbocycles. The molecule has 0 aliphatic heterocycles. The Morgan fingerprint density at radius 1 is 1.28 bits per heavy atom. The molecule has 102 valence electrons. The fraction of sp³-hybridized carbons (Fsp3) is 0.615. The lowest BCUT2D eigenvalue weighted by Gasteiger charge is -2.26. The van der Waals surface area contributed by atoms with Gasteiger partial charge < -0.3 is 14.2 Å². The lowest BCUT2D eigenvalue weighted by Crippen LogP contribution is -2.36. The lowest BCUT2D eigenvalue weighted by molar-refractivity contribution is 0.00935. The molecule has 5 heteroatoms. The van der Waals surface area contributed by atoms with Crippen LogP contribution in [0.15, 0.2) is 12.3 Å². The minimum absolute atomic E-state index is 0.0371. The van der Waals surface area contributed by atoms with Gasteiger partial charge in [0.25, 0.3) is 0 Å².